The minimum Gasteiger partial charge on any atom is -0.493 e. The number of methoxy groups -OCH3 is 1. The third kappa shape index (κ3) is 6.32. The molecule has 1 aliphatic heterocycles. The molecule has 1 saturated carbocycles. The van der Waals surface area contributed by atoms with Gasteiger partial charge in [-0.2, -0.15) is 0 Å². The van der Waals surface area contributed by atoms with Crippen molar-refractivity contribution in [1.29, 1.82) is 0 Å². The number of nitrogens with zero attached hydrogens (tertiary/aromatic N) is 2. The second kappa shape index (κ2) is 11.5. The molecule has 0 bridgehead atoms. The number of halogens is 1. The van der Waals surface area contributed by atoms with E-state index in [4.69, 9.17) is 9.47 Å². The van der Waals surface area contributed by atoms with E-state index in [0.29, 0.717) is 24.3 Å². The van der Waals surface area contributed by atoms with Crippen LogP contribution >= 0.6 is 0 Å². The number of rotatable bonds is 8. The van der Waals surface area contributed by atoms with E-state index >= 15 is 0 Å². The monoisotopic (exact) mass is 438 g/mol. The van der Waals surface area contributed by atoms with E-state index in [1.807, 2.05) is 0 Å². The lowest BCUT2D eigenvalue weighted by molar-refractivity contribution is 0.193. The Morgan fingerprint density at radius 3 is 2.66 bits per heavy atom. The van der Waals surface area contributed by atoms with Crippen molar-refractivity contribution >= 4 is 6.08 Å². The number of benzene rings is 1. The van der Waals surface area contributed by atoms with Crippen LogP contribution in [0.25, 0.3) is 6.08 Å². The highest BCUT2D eigenvalue weighted by Crippen LogP contribution is 2.28. The van der Waals surface area contributed by atoms with Crippen LogP contribution in [0.4, 0.5) is 4.39 Å². The smallest absolute Gasteiger partial charge is 0.217 e. The molecule has 0 amide bonds. The second-order valence-corrected chi connectivity index (χ2v) is 9.15. The average Bonchev–Trinajstić information content (AvgIpc) is 2.84. The lowest BCUT2D eigenvalue weighted by Gasteiger charge is -2.30. The Balaban J connectivity index is 1.29. The molecule has 1 aliphatic carbocycles. The Morgan fingerprint density at radius 2 is 1.88 bits per heavy atom. The standard InChI is InChI=1S/C27H35FN2O2/c1-31-27-24(17-25(28)18-29-27)19-30-15-13-21(14-16-30)11-12-23-9-5-6-10-26(23)32-20-22-7-3-2-4-8-22/h5-6,9-12,17-18,21-22H,2-4,7-8,13-16,19-20H2,1H3. The van der Waals surface area contributed by atoms with Crippen molar-refractivity contribution in [2.75, 3.05) is 26.8 Å². The zero-order valence-electron chi connectivity index (χ0n) is 19.1. The van der Waals surface area contributed by atoms with Gasteiger partial charge in [0.2, 0.25) is 5.88 Å². The van der Waals surface area contributed by atoms with E-state index in [2.05, 4.69) is 46.3 Å². The molecule has 2 heterocycles. The number of para-hydroxylation sites is 1. The van der Waals surface area contributed by atoms with Crippen molar-refractivity contribution in [3.8, 4) is 11.6 Å². The normalized spacial score (nSPS) is 18.8. The van der Waals surface area contributed by atoms with Crippen LogP contribution in [-0.2, 0) is 6.54 Å². The Bertz CT molecular complexity index is 887. The number of likely N-dealkylation sites (tertiary alicyclic amines) is 1. The fraction of sp³-hybridized carbons (Fsp3) is 0.519. The maximum absolute atomic E-state index is 13.6. The topological polar surface area (TPSA) is 34.6 Å². The number of allylic oxidation sites excluding steroid dienone is 1. The molecule has 2 aromatic rings. The molecule has 0 radical (unpaired) electrons. The van der Waals surface area contributed by atoms with Crippen molar-refractivity contribution in [2.45, 2.75) is 51.5 Å². The highest BCUT2D eigenvalue weighted by atomic mass is 19.1. The van der Waals surface area contributed by atoms with E-state index in [9.17, 15) is 4.39 Å². The molecule has 4 nitrogen and oxygen atoms in total. The molecule has 2 aliphatic rings. The third-order valence-corrected chi connectivity index (χ3v) is 6.78. The van der Waals surface area contributed by atoms with Gasteiger partial charge in [-0.1, -0.05) is 49.6 Å². The molecule has 0 unspecified atom stereocenters. The Hall–Kier alpha value is -2.40. The SMILES string of the molecule is COc1ncc(F)cc1CN1CCC(C=Cc2ccccc2OCC2CCCCC2)CC1. The highest BCUT2D eigenvalue weighted by molar-refractivity contribution is 5.57. The van der Waals surface area contributed by atoms with Crippen molar-refractivity contribution < 1.29 is 13.9 Å². The van der Waals surface area contributed by atoms with Crippen LogP contribution in [0.3, 0.4) is 0 Å². The van der Waals surface area contributed by atoms with Gasteiger partial charge in [0, 0.05) is 17.7 Å². The largest absolute Gasteiger partial charge is 0.493 e. The van der Waals surface area contributed by atoms with Crippen LogP contribution < -0.4 is 9.47 Å². The number of hydrogen-bond acceptors (Lipinski definition) is 4. The number of ether oxygens (including phenoxy) is 2. The minimum absolute atomic E-state index is 0.317. The summed E-state index contributed by atoms with van der Waals surface area (Å²) in [6.45, 7) is 3.47. The summed E-state index contributed by atoms with van der Waals surface area (Å²) in [6, 6.07) is 9.90. The van der Waals surface area contributed by atoms with Crippen molar-refractivity contribution in [2.24, 2.45) is 11.8 Å². The first-order valence-corrected chi connectivity index (χ1v) is 12.0. The molecule has 0 N–H and O–H groups in total. The molecule has 2 fully saturated rings. The summed E-state index contributed by atoms with van der Waals surface area (Å²) in [5, 5.41) is 0. The van der Waals surface area contributed by atoms with E-state index in [1.165, 1.54) is 49.9 Å². The van der Waals surface area contributed by atoms with Gasteiger partial charge in [0.1, 0.15) is 11.6 Å². The van der Waals surface area contributed by atoms with Crippen LogP contribution in [0.15, 0.2) is 42.6 Å². The molecular formula is C27H35FN2O2. The van der Waals surface area contributed by atoms with Gasteiger partial charge in [0.05, 0.1) is 19.9 Å². The van der Waals surface area contributed by atoms with Crippen LogP contribution in [0, 0.1) is 17.7 Å². The van der Waals surface area contributed by atoms with Crippen LogP contribution in [0.2, 0.25) is 0 Å². The molecule has 1 saturated heterocycles. The lowest BCUT2D eigenvalue weighted by Crippen LogP contribution is -2.32. The van der Waals surface area contributed by atoms with Gasteiger partial charge in [-0.05, 0) is 62.7 Å². The fourth-order valence-corrected chi connectivity index (χ4v) is 4.86. The summed E-state index contributed by atoms with van der Waals surface area (Å²) in [7, 11) is 1.58. The number of hydrogen-bond donors (Lipinski definition) is 0. The Labute approximate surface area is 191 Å². The molecule has 0 atom stereocenters. The van der Waals surface area contributed by atoms with Crippen molar-refractivity contribution in [3.63, 3.8) is 0 Å². The van der Waals surface area contributed by atoms with Gasteiger partial charge in [-0.25, -0.2) is 9.37 Å². The molecule has 4 rings (SSSR count). The number of pyridine rings is 1. The van der Waals surface area contributed by atoms with Gasteiger partial charge in [-0.15, -0.1) is 0 Å². The second-order valence-electron chi connectivity index (χ2n) is 9.15. The van der Waals surface area contributed by atoms with Crippen LogP contribution in [-0.4, -0.2) is 36.7 Å². The zero-order chi connectivity index (χ0) is 22.2. The average molecular weight is 439 g/mol. The Kier molecular flexibility index (Phi) is 8.16. The molecule has 1 aromatic carbocycles. The third-order valence-electron chi connectivity index (χ3n) is 6.78. The lowest BCUT2D eigenvalue weighted by atomic mass is 9.90. The summed E-state index contributed by atoms with van der Waals surface area (Å²) in [5.74, 6) is 2.45. The fourth-order valence-electron chi connectivity index (χ4n) is 4.86. The number of piperidine rings is 1. The van der Waals surface area contributed by atoms with Crippen LogP contribution in [0.1, 0.15) is 56.1 Å². The molecule has 5 heteroatoms. The van der Waals surface area contributed by atoms with E-state index in [0.717, 1.165) is 43.9 Å². The van der Waals surface area contributed by atoms with E-state index < -0.39 is 0 Å². The number of aromatic nitrogens is 1. The van der Waals surface area contributed by atoms with Gasteiger partial charge in [0.25, 0.3) is 0 Å². The summed E-state index contributed by atoms with van der Waals surface area (Å²) < 4.78 is 25.1. The summed E-state index contributed by atoms with van der Waals surface area (Å²) >= 11 is 0. The van der Waals surface area contributed by atoms with Crippen molar-refractivity contribution in [1.82, 2.24) is 9.88 Å². The van der Waals surface area contributed by atoms with Crippen molar-refractivity contribution in [3.05, 3.63) is 59.5 Å². The summed E-state index contributed by atoms with van der Waals surface area (Å²) in [4.78, 5) is 6.40. The molecule has 172 valence electrons. The molecule has 32 heavy (non-hydrogen) atoms. The first kappa shape index (κ1) is 22.8. The predicted octanol–water partition coefficient (Wildman–Crippen LogP) is 6.11. The van der Waals surface area contributed by atoms with E-state index in [1.54, 1.807) is 7.11 Å². The molecule has 0 spiro atoms. The predicted molar refractivity (Wildman–Crippen MR) is 126 cm³/mol. The zero-order valence-corrected chi connectivity index (χ0v) is 19.1. The van der Waals surface area contributed by atoms with Gasteiger partial charge in [-0.3, -0.25) is 4.90 Å². The summed E-state index contributed by atoms with van der Waals surface area (Å²) in [5.41, 5.74) is 1.98. The summed E-state index contributed by atoms with van der Waals surface area (Å²) in [6.07, 6.45) is 14.6. The maximum atomic E-state index is 13.6. The minimum atomic E-state index is -0.317. The maximum Gasteiger partial charge on any atom is 0.217 e. The van der Waals surface area contributed by atoms with E-state index in [-0.39, 0.29) is 5.82 Å². The highest BCUT2D eigenvalue weighted by Gasteiger charge is 2.20. The molecule has 1 aromatic heterocycles. The van der Waals surface area contributed by atoms with Gasteiger partial charge < -0.3 is 9.47 Å². The van der Waals surface area contributed by atoms with Gasteiger partial charge >= 0.3 is 0 Å². The molecular weight excluding hydrogens is 403 g/mol. The first-order valence-electron chi connectivity index (χ1n) is 12.0. The first-order chi connectivity index (χ1) is 15.7. The quantitative estimate of drug-likeness (QED) is 0.498. The Morgan fingerprint density at radius 1 is 1.09 bits per heavy atom. The van der Waals surface area contributed by atoms with Crippen LogP contribution in [0.5, 0.6) is 11.6 Å². The van der Waals surface area contributed by atoms with Gasteiger partial charge in [0.15, 0.2) is 0 Å².